The molecule has 118 valence electrons. The van der Waals surface area contributed by atoms with E-state index in [1.54, 1.807) is 13.8 Å². The van der Waals surface area contributed by atoms with Gasteiger partial charge in [0.1, 0.15) is 5.75 Å². The summed E-state index contributed by atoms with van der Waals surface area (Å²) in [6.45, 7) is 2.47. The molecule has 0 saturated carbocycles. The number of carboxylic acid groups (broad SMARTS) is 1. The van der Waals surface area contributed by atoms with Crippen LogP contribution in [0.4, 0.5) is 14.5 Å². The van der Waals surface area contributed by atoms with Gasteiger partial charge in [-0.05, 0) is 36.1 Å². The first-order valence-corrected chi connectivity index (χ1v) is 6.83. The molecule has 0 amide bonds. The van der Waals surface area contributed by atoms with Crippen LogP contribution in [0.3, 0.4) is 0 Å². The first-order chi connectivity index (χ1) is 9.75. The molecule has 6 heteroatoms. The summed E-state index contributed by atoms with van der Waals surface area (Å²) in [4.78, 5) is 11.9. The summed E-state index contributed by atoms with van der Waals surface area (Å²) in [5.41, 5.74) is 5.27. The summed E-state index contributed by atoms with van der Waals surface area (Å²) in [5.74, 6) is -1.35. The second kappa shape index (κ2) is 6.74. The van der Waals surface area contributed by atoms with Gasteiger partial charge >= 0.3 is 12.6 Å². The number of aliphatic carboxylic acids is 1. The van der Waals surface area contributed by atoms with E-state index in [-0.39, 0.29) is 17.4 Å². The number of ether oxygens (including phenoxy) is 1. The summed E-state index contributed by atoms with van der Waals surface area (Å²) >= 11 is 0. The number of nitrogens with two attached hydrogens (primary N) is 1. The summed E-state index contributed by atoms with van der Waals surface area (Å²) in [7, 11) is 0. The SMILES string of the molecule is CCCC(C(=O)O)(c1cc(OC(F)F)ccc1N)C(C)C. The average Bonchev–Trinajstić information content (AvgIpc) is 2.37. The van der Waals surface area contributed by atoms with Crippen LogP contribution in [0.15, 0.2) is 18.2 Å². The van der Waals surface area contributed by atoms with Gasteiger partial charge in [-0.2, -0.15) is 8.78 Å². The zero-order valence-electron chi connectivity index (χ0n) is 12.4. The van der Waals surface area contributed by atoms with Crippen LogP contribution in [0, 0.1) is 5.92 Å². The third kappa shape index (κ3) is 3.43. The Balaban J connectivity index is 3.45. The largest absolute Gasteiger partial charge is 0.481 e. The fourth-order valence-corrected chi connectivity index (χ4v) is 2.70. The molecule has 1 rings (SSSR count). The van der Waals surface area contributed by atoms with Crippen LogP contribution in [-0.4, -0.2) is 17.7 Å². The predicted molar refractivity (Wildman–Crippen MR) is 76.5 cm³/mol. The monoisotopic (exact) mass is 301 g/mol. The number of alkyl halides is 2. The van der Waals surface area contributed by atoms with Gasteiger partial charge in [0.2, 0.25) is 0 Å². The van der Waals surface area contributed by atoms with Gasteiger partial charge in [-0.25, -0.2) is 0 Å². The van der Waals surface area contributed by atoms with Crippen molar-refractivity contribution in [2.24, 2.45) is 5.92 Å². The zero-order valence-corrected chi connectivity index (χ0v) is 12.4. The maximum absolute atomic E-state index is 12.3. The van der Waals surface area contributed by atoms with E-state index in [1.807, 2.05) is 6.92 Å². The van der Waals surface area contributed by atoms with Gasteiger partial charge in [0.05, 0.1) is 5.41 Å². The van der Waals surface area contributed by atoms with E-state index in [0.717, 1.165) is 0 Å². The molecule has 0 bridgehead atoms. The molecule has 0 saturated heterocycles. The molecule has 0 aliphatic carbocycles. The fourth-order valence-electron chi connectivity index (χ4n) is 2.70. The van der Waals surface area contributed by atoms with Gasteiger partial charge in [0, 0.05) is 5.69 Å². The molecule has 21 heavy (non-hydrogen) atoms. The summed E-state index contributed by atoms with van der Waals surface area (Å²) in [5, 5.41) is 9.73. The molecule has 1 atom stereocenters. The summed E-state index contributed by atoms with van der Waals surface area (Å²) < 4.78 is 29.1. The molecular weight excluding hydrogens is 280 g/mol. The maximum Gasteiger partial charge on any atom is 0.387 e. The number of benzene rings is 1. The van der Waals surface area contributed by atoms with Crippen LogP contribution < -0.4 is 10.5 Å². The molecule has 0 aliphatic heterocycles. The second-order valence-electron chi connectivity index (χ2n) is 5.31. The maximum atomic E-state index is 12.3. The second-order valence-corrected chi connectivity index (χ2v) is 5.31. The number of halogens is 2. The van der Waals surface area contributed by atoms with Crippen LogP contribution in [0.2, 0.25) is 0 Å². The fraction of sp³-hybridized carbons (Fsp3) is 0.533. The van der Waals surface area contributed by atoms with Crippen LogP contribution in [0.1, 0.15) is 39.2 Å². The van der Waals surface area contributed by atoms with E-state index in [1.165, 1.54) is 18.2 Å². The molecule has 1 aromatic carbocycles. The minimum atomic E-state index is -2.97. The number of hydrogen-bond acceptors (Lipinski definition) is 3. The van der Waals surface area contributed by atoms with Crippen molar-refractivity contribution in [1.29, 1.82) is 0 Å². The lowest BCUT2D eigenvalue weighted by Crippen LogP contribution is -2.41. The Morgan fingerprint density at radius 2 is 2.05 bits per heavy atom. The number of carbonyl (C=O) groups is 1. The third-order valence-corrected chi connectivity index (χ3v) is 3.74. The normalized spacial score (nSPS) is 14.2. The van der Waals surface area contributed by atoms with Crippen molar-refractivity contribution in [3.05, 3.63) is 23.8 Å². The van der Waals surface area contributed by atoms with Gasteiger partial charge in [-0.15, -0.1) is 0 Å². The van der Waals surface area contributed by atoms with E-state index in [2.05, 4.69) is 4.74 Å². The van der Waals surface area contributed by atoms with Crippen LogP contribution in [0.5, 0.6) is 5.75 Å². The Hall–Kier alpha value is -1.85. The highest BCUT2D eigenvalue weighted by molar-refractivity contribution is 5.84. The number of nitrogen functional groups attached to an aromatic ring is 1. The van der Waals surface area contributed by atoms with Gasteiger partial charge < -0.3 is 15.6 Å². The molecule has 4 nitrogen and oxygen atoms in total. The molecule has 0 aliphatic rings. The molecule has 0 spiro atoms. The van der Waals surface area contributed by atoms with Crippen molar-refractivity contribution >= 4 is 11.7 Å². The van der Waals surface area contributed by atoms with E-state index in [4.69, 9.17) is 5.73 Å². The van der Waals surface area contributed by atoms with E-state index in [9.17, 15) is 18.7 Å². The van der Waals surface area contributed by atoms with Crippen molar-refractivity contribution in [2.75, 3.05) is 5.73 Å². The van der Waals surface area contributed by atoms with Gasteiger partial charge in [-0.3, -0.25) is 4.79 Å². The van der Waals surface area contributed by atoms with Crippen LogP contribution in [0.25, 0.3) is 0 Å². The molecular formula is C15H21F2NO3. The molecule has 1 aromatic rings. The number of carboxylic acids is 1. The minimum Gasteiger partial charge on any atom is -0.481 e. The van der Waals surface area contributed by atoms with Crippen LogP contribution in [-0.2, 0) is 10.2 Å². The lowest BCUT2D eigenvalue weighted by atomic mass is 9.68. The van der Waals surface area contributed by atoms with Crippen molar-refractivity contribution in [1.82, 2.24) is 0 Å². The summed E-state index contributed by atoms with van der Waals surface area (Å²) in [6.07, 6.45) is 0.992. The standard InChI is InChI=1S/C15H21F2NO3/c1-4-7-15(9(2)3,13(19)20)11-8-10(21-14(16)17)5-6-12(11)18/h5-6,8-9,14H,4,7,18H2,1-3H3,(H,19,20). The lowest BCUT2D eigenvalue weighted by molar-refractivity contribution is -0.146. The molecule has 3 N–H and O–H groups in total. The molecule has 0 heterocycles. The third-order valence-electron chi connectivity index (χ3n) is 3.74. The van der Waals surface area contributed by atoms with Crippen molar-refractivity contribution < 1.29 is 23.4 Å². The minimum absolute atomic E-state index is 0.0865. The lowest BCUT2D eigenvalue weighted by Gasteiger charge is -2.35. The number of rotatable bonds is 7. The molecule has 0 fully saturated rings. The van der Waals surface area contributed by atoms with Crippen LogP contribution >= 0.6 is 0 Å². The first kappa shape index (κ1) is 17.2. The number of anilines is 1. The topological polar surface area (TPSA) is 72.5 Å². The van der Waals surface area contributed by atoms with Crippen molar-refractivity contribution in [2.45, 2.75) is 45.6 Å². The first-order valence-electron chi connectivity index (χ1n) is 6.83. The Morgan fingerprint density at radius 3 is 2.48 bits per heavy atom. The van der Waals surface area contributed by atoms with Gasteiger partial charge in [0.25, 0.3) is 0 Å². The van der Waals surface area contributed by atoms with Gasteiger partial charge in [0.15, 0.2) is 0 Å². The highest BCUT2D eigenvalue weighted by atomic mass is 19.3. The highest BCUT2D eigenvalue weighted by Crippen LogP contribution is 2.41. The van der Waals surface area contributed by atoms with E-state index >= 15 is 0 Å². The highest BCUT2D eigenvalue weighted by Gasteiger charge is 2.44. The Kier molecular flexibility index (Phi) is 5.52. The molecule has 0 radical (unpaired) electrons. The smallest absolute Gasteiger partial charge is 0.387 e. The van der Waals surface area contributed by atoms with Gasteiger partial charge in [-0.1, -0.05) is 27.2 Å². The Labute approximate surface area is 122 Å². The van der Waals surface area contributed by atoms with Crippen molar-refractivity contribution in [3.8, 4) is 5.75 Å². The van der Waals surface area contributed by atoms with Crippen molar-refractivity contribution in [3.63, 3.8) is 0 Å². The van der Waals surface area contributed by atoms with E-state index < -0.39 is 18.0 Å². The summed E-state index contributed by atoms with van der Waals surface area (Å²) in [6, 6.07) is 4.03. The Morgan fingerprint density at radius 1 is 1.43 bits per heavy atom. The molecule has 1 unspecified atom stereocenters. The quantitative estimate of drug-likeness (QED) is 0.754. The van der Waals surface area contributed by atoms with E-state index in [0.29, 0.717) is 18.4 Å². The Bertz CT molecular complexity index is 506. The molecule has 0 aromatic heterocycles. The number of hydrogen-bond donors (Lipinski definition) is 2. The predicted octanol–water partition coefficient (Wildman–Crippen LogP) is 3.65. The zero-order chi connectivity index (χ0) is 16.2. The average molecular weight is 301 g/mol.